The van der Waals surface area contributed by atoms with Crippen molar-refractivity contribution in [3.8, 4) is 0 Å². The topological polar surface area (TPSA) is 100 Å². The average molecular weight is 320 g/mol. The van der Waals surface area contributed by atoms with Crippen LogP contribution in [-0.2, 0) is 14.8 Å². The lowest BCUT2D eigenvalue weighted by molar-refractivity contribution is -0.114. The Balaban J connectivity index is 2.03. The Kier molecular flexibility index (Phi) is 4.62. The van der Waals surface area contributed by atoms with E-state index >= 15 is 0 Å². The van der Waals surface area contributed by atoms with Gasteiger partial charge in [0.25, 0.3) is 0 Å². The standard InChI is InChI=1S/C14H16N4O3S/c1-10(19)16-11-3-5-12(6-4-11)17-13-7-8-14(15-9-13)18-22(2,20)21/h3-9,17H,1-2H3,(H,15,18)(H,16,19). The van der Waals surface area contributed by atoms with Crippen molar-refractivity contribution < 1.29 is 13.2 Å². The van der Waals surface area contributed by atoms with Crippen LogP contribution in [-0.4, -0.2) is 25.6 Å². The summed E-state index contributed by atoms with van der Waals surface area (Å²) in [4.78, 5) is 14.9. The third-order valence-corrected chi connectivity index (χ3v) is 3.13. The highest BCUT2D eigenvalue weighted by atomic mass is 32.2. The summed E-state index contributed by atoms with van der Waals surface area (Å²) >= 11 is 0. The number of carbonyl (C=O) groups excluding carboxylic acids is 1. The largest absolute Gasteiger partial charge is 0.354 e. The Morgan fingerprint density at radius 3 is 2.09 bits per heavy atom. The molecule has 0 aliphatic carbocycles. The van der Waals surface area contributed by atoms with E-state index in [0.29, 0.717) is 11.4 Å². The van der Waals surface area contributed by atoms with Crippen molar-refractivity contribution in [2.24, 2.45) is 0 Å². The number of benzene rings is 1. The minimum absolute atomic E-state index is 0.126. The van der Waals surface area contributed by atoms with Gasteiger partial charge >= 0.3 is 0 Å². The molecule has 22 heavy (non-hydrogen) atoms. The maximum absolute atomic E-state index is 11.1. The Morgan fingerprint density at radius 2 is 1.59 bits per heavy atom. The number of nitrogens with one attached hydrogen (secondary N) is 3. The highest BCUT2D eigenvalue weighted by Gasteiger charge is 2.03. The molecule has 2 rings (SSSR count). The first kappa shape index (κ1) is 15.8. The van der Waals surface area contributed by atoms with E-state index in [1.807, 2.05) is 12.1 Å². The monoisotopic (exact) mass is 320 g/mol. The highest BCUT2D eigenvalue weighted by Crippen LogP contribution is 2.19. The molecule has 0 saturated heterocycles. The van der Waals surface area contributed by atoms with E-state index in [-0.39, 0.29) is 11.7 Å². The predicted octanol–water partition coefficient (Wildman–Crippen LogP) is 2.16. The van der Waals surface area contributed by atoms with Gasteiger partial charge in [-0.1, -0.05) is 0 Å². The van der Waals surface area contributed by atoms with Gasteiger partial charge in [0, 0.05) is 18.3 Å². The van der Waals surface area contributed by atoms with Crippen molar-refractivity contribution >= 4 is 38.8 Å². The van der Waals surface area contributed by atoms with Gasteiger partial charge in [-0.05, 0) is 36.4 Å². The Bertz CT molecular complexity index is 756. The van der Waals surface area contributed by atoms with Crippen LogP contribution in [0.2, 0.25) is 0 Å². The molecule has 0 aliphatic rings. The molecule has 8 heteroatoms. The van der Waals surface area contributed by atoms with E-state index in [4.69, 9.17) is 0 Å². The van der Waals surface area contributed by atoms with Crippen LogP contribution in [0.25, 0.3) is 0 Å². The molecule has 0 fully saturated rings. The van der Waals surface area contributed by atoms with Crippen LogP contribution in [0, 0.1) is 0 Å². The van der Waals surface area contributed by atoms with Gasteiger partial charge in [-0.15, -0.1) is 0 Å². The van der Waals surface area contributed by atoms with Gasteiger partial charge in [-0.25, -0.2) is 13.4 Å². The van der Waals surface area contributed by atoms with Crippen molar-refractivity contribution in [2.45, 2.75) is 6.92 Å². The molecule has 3 N–H and O–H groups in total. The average Bonchev–Trinajstić information content (AvgIpc) is 2.41. The summed E-state index contributed by atoms with van der Waals surface area (Å²) < 4.78 is 24.5. The molecule has 1 aromatic carbocycles. The fourth-order valence-electron chi connectivity index (χ4n) is 1.72. The van der Waals surface area contributed by atoms with Crippen LogP contribution in [0.4, 0.5) is 22.9 Å². The van der Waals surface area contributed by atoms with E-state index in [1.165, 1.54) is 13.1 Å². The van der Waals surface area contributed by atoms with Crippen LogP contribution in [0.15, 0.2) is 42.6 Å². The molecule has 7 nitrogen and oxygen atoms in total. The first-order chi connectivity index (χ1) is 10.3. The van der Waals surface area contributed by atoms with E-state index < -0.39 is 10.0 Å². The smallest absolute Gasteiger partial charge is 0.230 e. The molecule has 0 radical (unpaired) electrons. The summed E-state index contributed by atoms with van der Waals surface area (Å²) in [7, 11) is -3.33. The fourth-order valence-corrected chi connectivity index (χ4v) is 2.23. The molecular weight excluding hydrogens is 304 g/mol. The Morgan fingerprint density at radius 1 is 1.00 bits per heavy atom. The lowest BCUT2D eigenvalue weighted by Crippen LogP contribution is -2.10. The highest BCUT2D eigenvalue weighted by molar-refractivity contribution is 7.92. The first-order valence-electron chi connectivity index (χ1n) is 6.40. The zero-order valence-electron chi connectivity index (χ0n) is 12.1. The van der Waals surface area contributed by atoms with Gasteiger partial charge in [0.05, 0.1) is 18.1 Å². The van der Waals surface area contributed by atoms with Crippen molar-refractivity contribution in [1.82, 2.24) is 4.98 Å². The maximum Gasteiger partial charge on any atom is 0.230 e. The molecule has 1 heterocycles. The summed E-state index contributed by atoms with van der Waals surface area (Å²) in [5.74, 6) is 0.132. The minimum atomic E-state index is -3.33. The Hall–Kier alpha value is -2.61. The second kappa shape index (κ2) is 6.44. The number of hydrogen-bond acceptors (Lipinski definition) is 5. The molecule has 0 aliphatic heterocycles. The molecule has 116 valence electrons. The van der Waals surface area contributed by atoms with Crippen LogP contribution in [0.5, 0.6) is 0 Å². The van der Waals surface area contributed by atoms with Gasteiger partial charge in [0.15, 0.2) is 0 Å². The SMILES string of the molecule is CC(=O)Nc1ccc(Nc2ccc(NS(C)(=O)=O)nc2)cc1. The number of aromatic nitrogens is 1. The Labute approximate surface area is 128 Å². The molecule has 0 unspecified atom stereocenters. The fraction of sp³-hybridized carbons (Fsp3) is 0.143. The van der Waals surface area contributed by atoms with Gasteiger partial charge in [-0.3, -0.25) is 9.52 Å². The van der Waals surface area contributed by atoms with Crippen LogP contribution in [0.1, 0.15) is 6.92 Å². The predicted molar refractivity (Wildman–Crippen MR) is 86.7 cm³/mol. The van der Waals surface area contributed by atoms with Crippen molar-refractivity contribution in [2.75, 3.05) is 21.6 Å². The molecule has 0 atom stereocenters. The molecule has 0 bridgehead atoms. The van der Waals surface area contributed by atoms with Gasteiger partial charge < -0.3 is 10.6 Å². The number of pyridine rings is 1. The van der Waals surface area contributed by atoms with Gasteiger partial charge in [0.1, 0.15) is 5.82 Å². The van der Waals surface area contributed by atoms with E-state index in [1.54, 1.807) is 24.3 Å². The molecule has 2 aromatic rings. The number of nitrogens with zero attached hydrogens (tertiary/aromatic N) is 1. The number of sulfonamides is 1. The third kappa shape index (κ3) is 5.06. The zero-order valence-corrected chi connectivity index (χ0v) is 12.9. The van der Waals surface area contributed by atoms with Gasteiger partial charge in [-0.2, -0.15) is 0 Å². The number of rotatable bonds is 5. The molecule has 0 spiro atoms. The van der Waals surface area contributed by atoms with E-state index in [0.717, 1.165) is 11.9 Å². The van der Waals surface area contributed by atoms with Crippen molar-refractivity contribution in [3.63, 3.8) is 0 Å². The summed E-state index contributed by atoms with van der Waals surface area (Å²) in [6.07, 6.45) is 2.59. The van der Waals surface area contributed by atoms with E-state index in [9.17, 15) is 13.2 Å². The molecule has 0 saturated carbocycles. The normalized spacial score (nSPS) is 10.8. The van der Waals surface area contributed by atoms with Gasteiger partial charge in [0.2, 0.25) is 15.9 Å². The number of carbonyl (C=O) groups is 1. The summed E-state index contributed by atoms with van der Waals surface area (Å²) in [6, 6.07) is 10.5. The van der Waals surface area contributed by atoms with Crippen LogP contribution >= 0.6 is 0 Å². The maximum atomic E-state index is 11.1. The molecular formula is C14H16N4O3S. The minimum Gasteiger partial charge on any atom is -0.354 e. The van der Waals surface area contributed by atoms with Crippen LogP contribution < -0.4 is 15.4 Å². The summed E-state index contributed by atoms with van der Waals surface area (Å²) in [5, 5.41) is 5.80. The molecule has 1 aromatic heterocycles. The molecule has 1 amide bonds. The number of hydrogen-bond donors (Lipinski definition) is 3. The quantitative estimate of drug-likeness (QED) is 0.784. The summed E-state index contributed by atoms with van der Waals surface area (Å²) in [6.45, 7) is 1.45. The van der Waals surface area contributed by atoms with Crippen molar-refractivity contribution in [3.05, 3.63) is 42.6 Å². The first-order valence-corrected chi connectivity index (χ1v) is 8.29. The third-order valence-electron chi connectivity index (χ3n) is 2.55. The second-order valence-electron chi connectivity index (χ2n) is 4.69. The second-order valence-corrected chi connectivity index (χ2v) is 6.44. The van der Waals surface area contributed by atoms with E-state index in [2.05, 4.69) is 20.3 Å². The van der Waals surface area contributed by atoms with Crippen LogP contribution in [0.3, 0.4) is 0 Å². The lowest BCUT2D eigenvalue weighted by atomic mass is 10.2. The lowest BCUT2D eigenvalue weighted by Gasteiger charge is -2.08. The number of amides is 1. The summed E-state index contributed by atoms with van der Waals surface area (Å²) in [5.41, 5.74) is 2.25. The zero-order chi connectivity index (χ0) is 16.2. The van der Waals surface area contributed by atoms with Crippen molar-refractivity contribution in [1.29, 1.82) is 0 Å². The number of anilines is 4.